The van der Waals surface area contributed by atoms with E-state index in [1.54, 1.807) is 12.2 Å². The van der Waals surface area contributed by atoms with E-state index < -0.39 is 30.0 Å². The molecule has 1 N–H and O–H groups in total. The molecule has 1 aromatic heterocycles. The number of nitrogens with zero attached hydrogens (tertiary/aromatic N) is 2. The van der Waals surface area contributed by atoms with Crippen LogP contribution < -0.4 is 10.2 Å². The molecule has 1 aliphatic carbocycles. The minimum atomic E-state index is -4.68. The fourth-order valence-corrected chi connectivity index (χ4v) is 3.70. The van der Waals surface area contributed by atoms with E-state index >= 15 is 0 Å². The molecule has 4 nitrogen and oxygen atoms in total. The van der Waals surface area contributed by atoms with Gasteiger partial charge in [0, 0.05) is 31.6 Å². The summed E-state index contributed by atoms with van der Waals surface area (Å²) < 4.78 is 67.8. The Morgan fingerprint density at radius 3 is 2.60 bits per heavy atom. The summed E-state index contributed by atoms with van der Waals surface area (Å²) in [4.78, 5) is 18.5. The van der Waals surface area contributed by atoms with Gasteiger partial charge < -0.3 is 10.2 Å². The molecule has 1 aliphatic heterocycles. The molecule has 0 unspecified atom stereocenters. The smallest absolute Gasteiger partial charge is 0.356 e. The highest BCUT2D eigenvalue weighted by atomic mass is 19.4. The van der Waals surface area contributed by atoms with Crippen molar-refractivity contribution in [2.24, 2.45) is 0 Å². The number of amides is 1. The molecule has 1 amide bonds. The molecule has 0 saturated carbocycles. The van der Waals surface area contributed by atoms with Crippen LogP contribution in [0.25, 0.3) is 0 Å². The van der Waals surface area contributed by atoms with Crippen LogP contribution in [0.4, 0.5) is 27.8 Å². The van der Waals surface area contributed by atoms with Gasteiger partial charge in [-0.2, -0.15) is 13.2 Å². The number of alkyl halides is 5. The molecule has 0 aromatic carbocycles. The molecular weight excluding hydrogens is 405 g/mol. The van der Waals surface area contributed by atoms with Gasteiger partial charge in [-0.25, -0.2) is 13.8 Å². The van der Waals surface area contributed by atoms with Crippen LogP contribution in [-0.4, -0.2) is 29.9 Å². The molecule has 9 heteroatoms. The van der Waals surface area contributed by atoms with Gasteiger partial charge in [-0.3, -0.25) is 4.79 Å². The third-order valence-electron chi connectivity index (χ3n) is 5.32. The average molecular weight is 429 g/mol. The Morgan fingerprint density at radius 1 is 1.20 bits per heavy atom. The number of allylic oxidation sites excluding steroid dienone is 3. The Hall–Kier alpha value is -2.45. The summed E-state index contributed by atoms with van der Waals surface area (Å²) in [5.41, 5.74) is -0.0266. The SMILES string of the molecule is CC1=CC(NC(=O)c2cc(C(F)(F)F)c(C)nc2N2CCCC(F)(F)CC2)=CCC1. The van der Waals surface area contributed by atoms with E-state index in [2.05, 4.69) is 10.3 Å². The first-order valence-electron chi connectivity index (χ1n) is 9.86. The normalized spacial score (nSPS) is 19.6. The van der Waals surface area contributed by atoms with Crippen LogP contribution in [0.5, 0.6) is 0 Å². The summed E-state index contributed by atoms with van der Waals surface area (Å²) in [6, 6.07) is 0.774. The third-order valence-corrected chi connectivity index (χ3v) is 5.32. The third kappa shape index (κ3) is 5.17. The summed E-state index contributed by atoms with van der Waals surface area (Å²) in [7, 11) is 0. The Bertz CT molecular complexity index is 889. The van der Waals surface area contributed by atoms with Gasteiger partial charge in [-0.1, -0.05) is 11.6 Å². The maximum Gasteiger partial charge on any atom is 0.418 e. The second kappa shape index (κ2) is 8.35. The fraction of sp³-hybridized carbons (Fsp3) is 0.524. The quantitative estimate of drug-likeness (QED) is 0.656. The topological polar surface area (TPSA) is 45.2 Å². The first kappa shape index (κ1) is 22.2. The summed E-state index contributed by atoms with van der Waals surface area (Å²) in [5.74, 6) is -3.57. The molecule has 0 radical (unpaired) electrons. The number of rotatable bonds is 3. The van der Waals surface area contributed by atoms with Crippen molar-refractivity contribution in [3.8, 4) is 0 Å². The number of hydrogen-bond acceptors (Lipinski definition) is 3. The molecule has 0 spiro atoms. The van der Waals surface area contributed by atoms with Crippen molar-refractivity contribution in [3.63, 3.8) is 0 Å². The number of aryl methyl sites for hydroxylation is 1. The molecular formula is C21H24F5N3O. The standard InChI is InChI=1S/C21H24F5N3O/c1-13-5-3-6-15(11-13)28-19(30)16-12-17(21(24,25)26)14(2)27-18(16)29-9-4-7-20(22,23)8-10-29/h6,11-12H,3-5,7-10H2,1-2H3,(H,28,30). The molecule has 1 aromatic rings. The molecule has 2 aliphatic rings. The Kier molecular flexibility index (Phi) is 6.19. The lowest BCUT2D eigenvalue weighted by Crippen LogP contribution is -2.32. The van der Waals surface area contributed by atoms with Crippen molar-refractivity contribution < 1.29 is 26.7 Å². The van der Waals surface area contributed by atoms with Crippen molar-refractivity contribution >= 4 is 11.7 Å². The number of halogens is 5. The van der Waals surface area contributed by atoms with Gasteiger partial charge >= 0.3 is 6.18 Å². The molecule has 2 heterocycles. The van der Waals surface area contributed by atoms with Crippen LogP contribution in [0.2, 0.25) is 0 Å². The number of carbonyl (C=O) groups is 1. The number of nitrogens with one attached hydrogen (secondary N) is 1. The van der Waals surface area contributed by atoms with Gasteiger partial charge in [-0.15, -0.1) is 0 Å². The van der Waals surface area contributed by atoms with Crippen LogP contribution in [0.15, 0.2) is 29.5 Å². The van der Waals surface area contributed by atoms with Crippen LogP contribution in [0.1, 0.15) is 60.6 Å². The number of pyridine rings is 1. The minimum absolute atomic E-state index is 0.00723. The van der Waals surface area contributed by atoms with Gasteiger partial charge in [0.25, 0.3) is 5.91 Å². The zero-order valence-electron chi connectivity index (χ0n) is 16.9. The van der Waals surface area contributed by atoms with Gasteiger partial charge in [0.05, 0.1) is 16.8 Å². The highest BCUT2D eigenvalue weighted by Crippen LogP contribution is 2.36. The van der Waals surface area contributed by atoms with Gasteiger partial charge in [-0.05, 0) is 45.3 Å². The lowest BCUT2D eigenvalue weighted by molar-refractivity contribution is -0.138. The molecule has 0 atom stereocenters. The van der Waals surface area contributed by atoms with E-state index in [4.69, 9.17) is 0 Å². The van der Waals surface area contributed by atoms with E-state index in [9.17, 15) is 26.7 Å². The number of hydrogen-bond donors (Lipinski definition) is 1. The Morgan fingerprint density at radius 2 is 1.93 bits per heavy atom. The lowest BCUT2D eigenvalue weighted by Gasteiger charge is -2.26. The van der Waals surface area contributed by atoms with Gasteiger partial charge in [0.2, 0.25) is 5.92 Å². The first-order valence-corrected chi connectivity index (χ1v) is 9.86. The summed E-state index contributed by atoms with van der Waals surface area (Å²) in [6.45, 7) is 3.20. The number of carbonyl (C=O) groups excluding carboxylic acids is 1. The summed E-state index contributed by atoms with van der Waals surface area (Å²) >= 11 is 0. The minimum Gasteiger partial charge on any atom is -0.356 e. The predicted octanol–water partition coefficient (Wildman–Crippen LogP) is 5.39. The highest BCUT2D eigenvalue weighted by molar-refractivity contribution is 6.00. The fourth-order valence-electron chi connectivity index (χ4n) is 3.70. The summed E-state index contributed by atoms with van der Waals surface area (Å²) in [5, 5.41) is 2.64. The van der Waals surface area contributed by atoms with Crippen molar-refractivity contribution in [1.29, 1.82) is 0 Å². The predicted molar refractivity (Wildman–Crippen MR) is 104 cm³/mol. The second-order valence-corrected chi connectivity index (χ2v) is 7.83. The maximum atomic E-state index is 13.8. The van der Waals surface area contributed by atoms with Gasteiger partial charge in [0.1, 0.15) is 5.82 Å². The molecule has 3 rings (SSSR count). The molecule has 1 saturated heterocycles. The van der Waals surface area contributed by atoms with Crippen LogP contribution in [-0.2, 0) is 6.18 Å². The zero-order chi connectivity index (χ0) is 22.1. The van der Waals surface area contributed by atoms with Crippen LogP contribution >= 0.6 is 0 Å². The number of aromatic nitrogens is 1. The molecule has 30 heavy (non-hydrogen) atoms. The van der Waals surface area contributed by atoms with E-state index in [1.165, 1.54) is 11.8 Å². The van der Waals surface area contributed by atoms with Crippen LogP contribution in [0, 0.1) is 6.92 Å². The highest BCUT2D eigenvalue weighted by Gasteiger charge is 2.37. The van der Waals surface area contributed by atoms with Crippen molar-refractivity contribution in [2.75, 3.05) is 18.0 Å². The monoisotopic (exact) mass is 429 g/mol. The van der Waals surface area contributed by atoms with Gasteiger partial charge in [0.15, 0.2) is 0 Å². The van der Waals surface area contributed by atoms with Crippen molar-refractivity contribution in [1.82, 2.24) is 10.3 Å². The van der Waals surface area contributed by atoms with E-state index in [0.29, 0.717) is 12.1 Å². The van der Waals surface area contributed by atoms with Crippen molar-refractivity contribution in [2.45, 2.75) is 58.1 Å². The number of anilines is 1. The molecule has 164 valence electrons. The second-order valence-electron chi connectivity index (χ2n) is 7.83. The first-order chi connectivity index (χ1) is 14.0. The largest absolute Gasteiger partial charge is 0.418 e. The summed E-state index contributed by atoms with van der Waals surface area (Å²) in [6.07, 6.45) is -0.156. The lowest BCUT2D eigenvalue weighted by atomic mass is 10.0. The van der Waals surface area contributed by atoms with E-state index in [0.717, 1.165) is 18.1 Å². The Labute approximate surface area is 171 Å². The Balaban J connectivity index is 2.00. The van der Waals surface area contributed by atoms with E-state index in [1.807, 2.05) is 6.92 Å². The van der Waals surface area contributed by atoms with Crippen LogP contribution in [0.3, 0.4) is 0 Å². The zero-order valence-corrected chi connectivity index (χ0v) is 16.9. The average Bonchev–Trinajstić information content (AvgIpc) is 2.81. The van der Waals surface area contributed by atoms with E-state index in [-0.39, 0.29) is 43.0 Å². The molecule has 1 fully saturated rings. The molecule has 0 bridgehead atoms. The van der Waals surface area contributed by atoms with Crippen molar-refractivity contribution in [3.05, 3.63) is 46.3 Å². The maximum absolute atomic E-state index is 13.8.